The third-order valence-electron chi connectivity index (χ3n) is 3.78. The van der Waals surface area contributed by atoms with Crippen molar-refractivity contribution < 1.29 is 4.79 Å². The Balaban J connectivity index is 2.01. The minimum absolute atomic E-state index is 0.223. The average Bonchev–Trinajstić information content (AvgIpc) is 2.63. The smallest absolute Gasteiger partial charge is 0.319 e. The SMILES string of the molecule is CCNC(=O)Nc1cccc(N(c2ccccc2)c2cccc(Cl)c2)c1. The van der Waals surface area contributed by atoms with Crippen LogP contribution in [0.5, 0.6) is 0 Å². The summed E-state index contributed by atoms with van der Waals surface area (Å²) in [6.07, 6.45) is 0. The normalized spacial score (nSPS) is 10.2. The van der Waals surface area contributed by atoms with Gasteiger partial charge in [0.1, 0.15) is 0 Å². The van der Waals surface area contributed by atoms with Crippen molar-refractivity contribution in [3.8, 4) is 0 Å². The molecule has 0 saturated heterocycles. The zero-order valence-corrected chi connectivity index (χ0v) is 15.2. The highest BCUT2D eigenvalue weighted by Gasteiger charge is 2.13. The van der Waals surface area contributed by atoms with Crippen molar-refractivity contribution in [1.29, 1.82) is 0 Å². The minimum Gasteiger partial charge on any atom is -0.338 e. The van der Waals surface area contributed by atoms with Gasteiger partial charge >= 0.3 is 6.03 Å². The molecule has 5 heteroatoms. The minimum atomic E-state index is -0.223. The molecule has 0 fully saturated rings. The summed E-state index contributed by atoms with van der Waals surface area (Å²) in [4.78, 5) is 13.9. The van der Waals surface area contributed by atoms with Crippen molar-refractivity contribution in [2.45, 2.75) is 6.92 Å². The van der Waals surface area contributed by atoms with Gasteiger partial charge in [0.2, 0.25) is 0 Å². The predicted molar refractivity (Wildman–Crippen MR) is 109 cm³/mol. The Morgan fingerprint density at radius 3 is 2.23 bits per heavy atom. The Morgan fingerprint density at radius 1 is 0.885 bits per heavy atom. The van der Waals surface area contributed by atoms with Gasteiger partial charge in [-0.15, -0.1) is 0 Å². The first-order valence-electron chi connectivity index (χ1n) is 8.43. The summed E-state index contributed by atoms with van der Waals surface area (Å²) < 4.78 is 0. The molecule has 132 valence electrons. The number of anilines is 4. The van der Waals surface area contributed by atoms with Gasteiger partial charge in [0.15, 0.2) is 0 Å². The Hall–Kier alpha value is -2.98. The van der Waals surface area contributed by atoms with Crippen LogP contribution in [-0.2, 0) is 0 Å². The molecule has 0 saturated carbocycles. The maximum Gasteiger partial charge on any atom is 0.319 e. The van der Waals surface area contributed by atoms with E-state index in [1.807, 2.05) is 85.8 Å². The fraction of sp³-hybridized carbons (Fsp3) is 0.0952. The molecule has 0 heterocycles. The van der Waals surface area contributed by atoms with Gasteiger partial charge in [-0.2, -0.15) is 0 Å². The van der Waals surface area contributed by atoms with E-state index in [0.29, 0.717) is 11.6 Å². The standard InChI is InChI=1S/C21H20ClN3O/c1-2-23-21(26)24-17-9-7-13-20(15-17)25(18-10-4-3-5-11-18)19-12-6-8-16(22)14-19/h3-15H,2H2,1H3,(H2,23,24,26). The summed E-state index contributed by atoms with van der Waals surface area (Å²) in [5, 5.41) is 6.25. The Kier molecular flexibility index (Phi) is 5.77. The molecule has 0 spiro atoms. The van der Waals surface area contributed by atoms with Crippen LogP contribution in [0.15, 0.2) is 78.9 Å². The van der Waals surface area contributed by atoms with Crippen LogP contribution < -0.4 is 15.5 Å². The van der Waals surface area contributed by atoms with Crippen molar-refractivity contribution >= 4 is 40.4 Å². The largest absolute Gasteiger partial charge is 0.338 e. The van der Waals surface area contributed by atoms with Crippen molar-refractivity contribution in [2.24, 2.45) is 0 Å². The molecule has 3 aromatic rings. The number of carbonyl (C=O) groups excluding carboxylic acids is 1. The molecular weight excluding hydrogens is 346 g/mol. The summed E-state index contributed by atoms with van der Waals surface area (Å²) in [6, 6.07) is 25.2. The fourth-order valence-electron chi connectivity index (χ4n) is 2.70. The van der Waals surface area contributed by atoms with E-state index in [4.69, 9.17) is 11.6 Å². The van der Waals surface area contributed by atoms with Crippen LogP contribution in [0.2, 0.25) is 5.02 Å². The molecular formula is C21H20ClN3O. The van der Waals surface area contributed by atoms with Crippen LogP contribution in [0.1, 0.15) is 6.92 Å². The number of nitrogens with zero attached hydrogens (tertiary/aromatic N) is 1. The van der Waals surface area contributed by atoms with Gasteiger partial charge in [-0.3, -0.25) is 0 Å². The first kappa shape index (κ1) is 17.8. The van der Waals surface area contributed by atoms with Crippen LogP contribution in [0.4, 0.5) is 27.5 Å². The zero-order chi connectivity index (χ0) is 18.4. The highest BCUT2D eigenvalue weighted by molar-refractivity contribution is 6.30. The maximum absolute atomic E-state index is 11.8. The summed E-state index contributed by atoms with van der Waals surface area (Å²) >= 11 is 6.21. The topological polar surface area (TPSA) is 44.4 Å². The lowest BCUT2D eigenvalue weighted by molar-refractivity contribution is 0.252. The molecule has 3 rings (SSSR count). The van der Waals surface area contributed by atoms with Crippen LogP contribution in [0.3, 0.4) is 0 Å². The summed E-state index contributed by atoms with van der Waals surface area (Å²) in [6.45, 7) is 2.45. The number of halogens is 1. The predicted octanol–water partition coefficient (Wildman–Crippen LogP) is 5.95. The number of nitrogens with one attached hydrogen (secondary N) is 2. The number of benzene rings is 3. The summed E-state index contributed by atoms with van der Waals surface area (Å²) in [5.74, 6) is 0. The Bertz CT molecular complexity index is 883. The van der Waals surface area contributed by atoms with Crippen molar-refractivity contribution in [2.75, 3.05) is 16.8 Å². The molecule has 0 aliphatic rings. The molecule has 3 aromatic carbocycles. The number of amides is 2. The molecule has 2 N–H and O–H groups in total. The number of rotatable bonds is 5. The van der Waals surface area contributed by atoms with E-state index in [2.05, 4.69) is 15.5 Å². The number of hydrogen-bond donors (Lipinski definition) is 2. The van der Waals surface area contributed by atoms with E-state index in [9.17, 15) is 4.79 Å². The number of para-hydroxylation sites is 1. The lowest BCUT2D eigenvalue weighted by atomic mass is 10.2. The van der Waals surface area contributed by atoms with Crippen LogP contribution in [0.25, 0.3) is 0 Å². The van der Waals surface area contributed by atoms with Crippen molar-refractivity contribution in [1.82, 2.24) is 5.32 Å². The second-order valence-corrected chi connectivity index (χ2v) is 6.12. The van der Waals surface area contributed by atoms with E-state index >= 15 is 0 Å². The van der Waals surface area contributed by atoms with Gasteiger partial charge in [-0.25, -0.2) is 4.79 Å². The molecule has 26 heavy (non-hydrogen) atoms. The first-order valence-corrected chi connectivity index (χ1v) is 8.81. The molecule has 0 aromatic heterocycles. The van der Waals surface area contributed by atoms with E-state index in [-0.39, 0.29) is 6.03 Å². The van der Waals surface area contributed by atoms with Gasteiger partial charge in [0, 0.05) is 34.3 Å². The second kappa shape index (κ2) is 8.41. The lowest BCUT2D eigenvalue weighted by Gasteiger charge is -2.26. The van der Waals surface area contributed by atoms with Gasteiger partial charge < -0.3 is 15.5 Å². The monoisotopic (exact) mass is 365 g/mol. The quantitative estimate of drug-likeness (QED) is 0.586. The molecule has 0 radical (unpaired) electrons. The number of urea groups is 1. The molecule has 0 aliphatic carbocycles. The second-order valence-electron chi connectivity index (χ2n) is 5.69. The highest BCUT2D eigenvalue weighted by Crippen LogP contribution is 2.36. The highest BCUT2D eigenvalue weighted by atomic mass is 35.5. The number of carbonyl (C=O) groups is 1. The van der Waals surface area contributed by atoms with E-state index < -0.39 is 0 Å². The van der Waals surface area contributed by atoms with E-state index in [1.54, 1.807) is 0 Å². The van der Waals surface area contributed by atoms with Crippen LogP contribution in [-0.4, -0.2) is 12.6 Å². The third kappa shape index (κ3) is 4.35. The molecule has 0 bridgehead atoms. The number of hydrogen-bond acceptors (Lipinski definition) is 2. The first-order chi connectivity index (χ1) is 12.7. The van der Waals surface area contributed by atoms with Gasteiger partial charge in [-0.05, 0) is 55.5 Å². The van der Waals surface area contributed by atoms with Gasteiger partial charge in [-0.1, -0.05) is 41.9 Å². The molecule has 2 amide bonds. The Morgan fingerprint density at radius 2 is 1.54 bits per heavy atom. The van der Waals surface area contributed by atoms with Crippen LogP contribution in [0, 0.1) is 0 Å². The fourth-order valence-corrected chi connectivity index (χ4v) is 2.88. The van der Waals surface area contributed by atoms with Crippen LogP contribution >= 0.6 is 11.6 Å². The van der Waals surface area contributed by atoms with Gasteiger partial charge in [0.05, 0.1) is 0 Å². The molecule has 4 nitrogen and oxygen atoms in total. The molecule has 0 aliphatic heterocycles. The summed E-state index contributed by atoms with van der Waals surface area (Å²) in [7, 11) is 0. The summed E-state index contributed by atoms with van der Waals surface area (Å²) in [5.41, 5.74) is 3.59. The molecule has 0 unspecified atom stereocenters. The maximum atomic E-state index is 11.8. The zero-order valence-electron chi connectivity index (χ0n) is 14.4. The van der Waals surface area contributed by atoms with Crippen molar-refractivity contribution in [3.63, 3.8) is 0 Å². The lowest BCUT2D eigenvalue weighted by Crippen LogP contribution is -2.28. The van der Waals surface area contributed by atoms with Crippen molar-refractivity contribution in [3.05, 3.63) is 83.9 Å². The average molecular weight is 366 g/mol. The third-order valence-corrected chi connectivity index (χ3v) is 4.02. The molecule has 0 atom stereocenters. The van der Waals surface area contributed by atoms with E-state index in [0.717, 1.165) is 22.7 Å². The van der Waals surface area contributed by atoms with Gasteiger partial charge in [0.25, 0.3) is 0 Å². The Labute approximate surface area is 158 Å². The van der Waals surface area contributed by atoms with E-state index in [1.165, 1.54) is 0 Å².